The minimum Gasteiger partial charge on any atom is -0.379 e. The Morgan fingerprint density at radius 1 is 1.38 bits per heavy atom. The lowest BCUT2D eigenvalue weighted by atomic mass is 9.78. The SMILES string of the molecule is C=CCN1CCOCC2(CCN(C(=O)CCc3ccc[nH]3)CC2)C1. The number of nitrogens with one attached hydrogen (secondary N) is 1. The summed E-state index contributed by atoms with van der Waals surface area (Å²) in [5.74, 6) is 0.275. The number of carbonyl (C=O) groups is 1. The van der Waals surface area contributed by atoms with Crippen molar-refractivity contribution < 1.29 is 9.53 Å². The summed E-state index contributed by atoms with van der Waals surface area (Å²) in [6.45, 7) is 10.2. The molecule has 1 N–H and O–H groups in total. The minimum absolute atomic E-state index is 0.204. The number of ether oxygens (including phenoxy) is 1. The smallest absolute Gasteiger partial charge is 0.222 e. The summed E-state index contributed by atoms with van der Waals surface area (Å²) >= 11 is 0. The van der Waals surface area contributed by atoms with E-state index in [-0.39, 0.29) is 11.3 Å². The molecule has 5 heteroatoms. The van der Waals surface area contributed by atoms with Crippen molar-refractivity contribution >= 4 is 5.91 Å². The fourth-order valence-electron chi connectivity index (χ4n) is 3.88. The van der Waals surface area contributed by atoms with Crippen molar-refractivity contribution in [3.63, 3.8) is 0 Å². The fraction of sp³-hybridized carbons (Fsp3) is 0.632. The van der Waals surface area contributed by atoms with Crippen molar-refractivity contribution in [2.24, 2.45) is 5.41 Å². The van der Waals surface area contributed by atoms with Crippen LogP contribution in [0, 0.1) is 5.41 Å². The number of nitrogens with zero attached hydrogens (tertiary/aromatic N) is 2. The topological polar surface area (TPSA) is 48.6 Å². The summed E-state index contributed by atoms with van der Waals surface area (Å²) < 4.78 is 5.87. The van der Waals surface area contributed by atoms with Gasteiger partial charge in [0.25, 0.3) is 0 Å². The molecule has 2 aliphatic heterocycles. The van der Waals surface area contributed by atoms with E-state index < -0.39 is 0 Å². The molecular weight excluding hydrogens is 302 g/mol. The predicted molar refractivity (Wildman–Crippen MR) is 94.8 cm³/mol. The molecule has 3 heterocycles. The van der Waals surface area contributed by atoms with Crippen LogP contribution in [0.2, 0.25) is 0 Å². The second kappa shape index (κ2) is 7.99. The summed E-state index contributed by atoms with van der Waals surface area (Å²) in [5.41, 5.74) is 1.34. The minimum atomic E-state index is 0.204. The van der Waals surface area contributed by atoms with E-state index in [0.717, 1.165) is 70.9 Å². The molecule has 2 saturated heterocycles. The maximum atomic E-state index is 12.5. The molecular formula is C19H29N3O2. The Balaban J connectivity index is 1.50. The lowest BCUT2D eigenvalue weighted by Gasteiger charge is -2.42. The Kier molecular flexibility index (Phi) is 5.74. The summed E-state index contributed by atoms with van der Waals surface area (Å²) in [7, 11) is 0. The van der Waals surface area contributed by atoms with Gasteiger partial charge < -0.3 is 14.6 Å². The standard InChI is InChI=1S/C19H29N3O2/c1-2-10-21-13-14-24-16-19(15-21)7-11-22(12-8-19)18(23)6-5-17-4-3-9-20-17/h2-4,9,20H,1,5-8,10-16H2. The Hall–Kier alpha value is -1.59. The average Bonchev–Trinajstić information content (AvgIpc) is 3.04. The molecule has 2 fully saturated rings. The van der Waals surface area contributed by atoms with Gasteiger partial charge in [0.2, 0.25) is 5.91 Å². The highest BCUT2D eigenvalue weighted by molar-refractivity contribution is 5.76. The van der Waals surface area contributed by atoms with E-state index in [9.17, 15) is 4.79 Å². The highest BCUT2D eigenvalue weighted by Gasteiger charge is 2.38. The number of aryl methyl sites for hydroxylation is 1. The Morgan fingerprint density at radius 2 is 2.21 bits per heavy atom. The van der Waals surface area contributed by atoms with Crippen LogP contribution >= 0.6 is 0 Å². The van der Waals surface area contributed by atoms with Gasteiger partial charge in [0, 0.05) is 56.5 Å². The summed E-state index contributed by atoms with van der Waals surface area (Å²) in [6.07, 6.45) is 7.34. The van der Waals surface area contributed by atoms with E-state index in [1.807, 2.05) is 29.3 Å². The van der Waals surface area contributed by atoms with Crippen LogP contribution in [-0.2, 0) is 16.0 Å². The lowest BCUT2D eigenvalue weighted by Crippen LogP contribution is -2.49. The molecule has 2 aliphatic rings. The number of carbonyl (C=O) groups excluding carboxylic acids is 1. The summed E-state index contributed by atoms with van der Waals surface area (Å²) in [5, 5.41) is 0. The van der Waals surface area contributed by atoms with Crippen LogP contribution in [0.5, 0.6) is 0 Å². The van der Waals surface area contributed by atoms with E-state index in [2.05, 4.69) is 16.5 Å². The molecule has 5 nitrogen and oxygen atoms in total. The third-order valence-electron chi connectivity index (χ3n) is 5.35. The molecule has 1 aromatic heterocycles. The largest absolute Gasteiger partial charge is 0.379 e. The van der Waals surface area contributed by atoms with E-state index in [1.165, 1.54) is 0 Å². The van der Waals surface area contributed by atoms with Crippen molar-refractivity contribution in [1.29, 1.82) is 0 Å². The first kappa shape index (κ1) is 17.2. The zero-order valence-electron chi connectivity index (χ0n) is 14.5. The molecule has 1 aromatic rings. The van der Waals surface area contributed by atoms with Crippen molar-refractivity contribution in [1.82, 2.24) is 14.8 Å². The molecule has 0 aliphatic carbocycles. The number of hydrogen-bond donors (Lipinski definition) is 1. The van der Waals surface area contributed by atoms with Gasteiger partial charge in [-0.3, -0.25) is 9.69 Å². The zero-order chi connectivity index (χ0) is 16.8. The quantitative estimate of drug-likeness (QED) is 0.841. The van der Waals surface area contributed by atoms with E-state index in [0.29, 0.717) is 6.42 Å². The first-order valence-electron chi connectivity index (χ1n) is 9.02. The van der Waals surface area contributed by atoms with Crippen molar-refractivity contribution in [3.8, 4) is 0 Å². The third kappa shape index (κ3) is 4.28. The number of likely N-dealkylation sites (tertiary alicyclic amines) is 1. The Morgan fingerprint density at radius 3 is 2.92 bits per heavy atom. The Bertz CT molecular complexity index is 533. The lowest BCUT2D eigenvalue weighted by molar-refractivity contribution is -0.134. The first-order valence-corrected chi connectivity index (χ1v) is 9.02. The van der Waals surface area contributed by atoms with Crippen LogP contribution in [0.1, 0.15) is 25.0 Å². The van der Waals surface area contributed by atoms with Gasteiger partial charge in [-0.1, -0.05) is 6.08 Å². The summed E-state index contributed by atoms with van der Waals surface area (Å²) in [4.78, 5) is 20.1. The first-order chi connectivity index (χ1) is 11.7. The van der Waals surface area contributed by atoms with E-state index >= 15 is 0 Å². The molecule has 1 spiro atoms. The predicted octanol–water partition coefficient (Wildman–Crippen LogP) is 2.07. The van der Waals surface area contributed by atoms with Gasteiger partial charge in [-0.05, 0) is 31.4 Å². The molecule has 0 bridgehead atoms. The van der Waals surface area contributed by atoms with Gasteiger partial charge in [0.1, 0.15) is 0 Å². The number of amides is 1. The number of hydrogen-bond acceptors (Lipinski definition) is 3. The second-order valence-corrected chi connectivity index (χ2v) is 7.15. The average molecular weight is 331 g/mol. The van der Waals surface area contributed by atoms with Crippen LogP contribution in [0.15, 0.2) is 31.0 Å². The van der Waals surface area contributed by atoms with Gasteiger partial charge in [-0.15, -0.1) is 6.58 Å². The number of piperidine rings is 1. The van der Waals surface area contributed by atoms with Crippen LogP contribution in [0.25, 0.3) is 0 Å². The van der Waals surface area contributed by atoms with E-state index in [4.69, 9.17) is 4.74 Å². The van der Waals surface area contributed by atoms with Crippen molar-refractivity contribution in [2.45, 2.75) is 25.7 Å². The zero-order valence-corrected chi connectivity index (χ0v) is 14.5. The highest BCUT2D eigenvalue weighted by Crippen LogP contribution is 2.34. The normalized spacial score (nSPS) is 21.6. The third-order valence-corrected chi connectivity index (χ3v) is 5.35. The van der Waals surface area contributed by atoms with Crippen molar-refractivity contribution in [3.05, 3.63) is 36.7 Å². The van der Waals surface area contributed by atoms with Crippen LogP contribution in [-0.4, -0.2) is 66.6 Å². The molecule has 132 valence electrons. The Labute approximate surface area is 144 Å². The highest BCUT2D eigenvalue weighted by atomic mass is 16.5. The number of H-pyrrole nitrogens is 1. The summed E-state index contributed by atoms with van der Waals surface area (Å²) in [6, 6.07) is 4.01. The molecule has 0 atom stereocenters. The van der Waals surface area contributed by atoms with Crippen LogP contribution < -0.4 is 0 Å². The van der Waals surface area contributed by atoms with Gasteiger partial charge in [0.05, 0.1) is 13.2 Å². The number of rotatable bonds is 5. The van der Waals surface area contributed by atoms with Gasteiger partial charge in [-0.2, -0.15) is 0 Å². The van der Waals surface area contributed by atoms with Gasteiger partial charge in [-0.25, -0.2) is 0 Å². The molecule has 3 rings (SSSR count). The monoisotopic (exact) mass is 331 g/mol. The maximum Gasteiger partial charge on any atom is 0.222 e. The van der Waals surface area contributed by atoms with E-state index in [1.54, 1.807) is 0 Å². The maximum absolute atomic E-state index is 12.5. The molecule has 24 heavy (non-hydrogen) atoms. The number of aromatic amines is 1. The molecule has 0 aromatic carbocycles. The molecule has 0 radical (unpaired) electrons. The van der Waals surface area contributed by atoms with Gasteiger partial charge in [0.15, 0.2) is 0 Å². The molecule has 0 unspecified atom stereocenters. The number of aromatic nitrogens is 1. The molecule has 0 saturated carbocycles. The van der Waals surface area contributed by atoms with Crippen LogP contribution in [0.4, 0.5) is 0 Å². The van der Waals surface area contributed by atoms with Crippen LogP contribution in [0.3, 0.4) is 0 Å². The fourth-order valence-corrected chi connectivity index (χ4v) is 3.88. The molecule has 1 amide bonds. The van der Waals surface area contributed by atoms with Gasteiger partial charge >= 0.3 is 0 Å². The van der Waals surface area contributed by atoms with Crippen molar-refractivity contribution in [2.75, 3.05) is 45.9 Å². The second-order valence-electron chi connectivity index (χ2n) is 7.15.